The minimum absolute atomic E-state index is 0.296. The largest absolute Gasteiger partial charge is 0.491 e. The number of methoxy groups -OCH3 is 1. The zero-order chi connectivity index (χ0) is 16.8. The number of nitriles is 1. The van der Waals surface area contributed by atoms with E-state index in [9.17, 15) is 5.26 Å². The fourth-order valence-corrected chi connectivity index (χ4v) is 2.05. The molecule has 24 heavy (non-hydrogen) atoms. The molecule has 0 radical (unpaired) electrons. The lowest BCUT2D eigenvalue weighted by Gasteiger charge is -2.06. The maximum atomic E-state index is 9.18. The highest BCUT2D eigenvalue weighted by Crippen LogP contribution is 2.26. The average molecular weight is 322 g/mol. The van der Waals surface area contributed by atoms with Gasteiger partial charge in [0.2, 0.25) is 5.82 Å². The van der Waals surface area contributed by atoms with Crippen LogP contribution in [0.2, 0.25) is 0 Å². The Morgan fingerprint density at radius 2 is 2.12 bits per heavy atom. The van der Waals surface area contributed by atoms with Gasteiger partial charge >= 0.3 is 0 Å². The fourth-order valence-electron chi connectivity index (χ4n) is 2.05. The lowest BCUT2D eigenvalue weighted by atomic mass is 10.1. The molecule has 0 aliphatic rings. The number of benzene rings is 1. The molecular weight excluding hydrogens is 308 g/mol. The van der Waals surface area contributed by atoms with Crippen LogP contribution in [0.3, 0.4) is 0 Å². The topological polar surface area (TPSA) is 94.1 Å². The second kappa shape index (κ2) is 7.35. The highest BCUT2D eigenvalue weighted by Gasteiger charge is 2.13. The van der Waals surface area contributed by atoms with Gasteiger partial charge in [-0.25, -0.2) is 0 Å². The van der Waals surface area contributed by atoms with Crippen LogP contribution in [-0.4, -0.2) is 35.4 Å². The molecule has 2 aromatic heterocycles. The summed E-state index contributed by atoms with van der Waals surface area (Å²) in [5.41, 5.74) is 1.66. The van der Waals surface area contributed by atoms with Crippen molar-refractivity contribution in [2.75, 3.05) is 20.3 Å². The van der Waals surface area contributed by atoms with Crippen molar-refractivity contribution in [3.05, 3.63) is 48.2 Å². The van der Waals surface area contributed by atoms with Crippen molar-refractivity contribution in [2.24, 2.45) is 0 Å². The van der Waals surface area contributed by atoms with Crippen LogP contribution in [0.15, 0.2) is 47.1 Å². The molecule has 7 heteroatoms. The number of hydrogen-bond acceptors (Lipinski definition) is 7. The predicted octanol–water partition coefficient (Wildman–Crippen LogP) is 2.70. The summed E-state index contributed by atoms with van der Waals surface area (Å²) in [6, 6.07) is 12.6. The van der Waals surface area contributed by atoms with Crippen LogP contribution in [0, 0.1) is 11.3 Å². The van der Waals surface area contributed by atoms with Crippen molar-refractivity contribution < 1.29 is 14.0 Å². The van der Waals surface area contributed by atoms with Gasteiger partial charge in [0.1, 0.15) is 18.1 Å². The van der Waals surface area contributed by atoms with Crippen LogP contribution in [0.5, 0.6) is 5.75 Å². The molecule has 2 heterocycles. The number of rotatable bonds is 6. The van der Waals surface area contributed by atoms with E-state index in [0.717, 1.165) is 0 Å². The quantitative estimate of drug-likeness (QED) is 0.644. The first-order valence-electron chi connectivity index (χ1n) is 7.22. The van der Waals surface area contributed by atoms with Crippen molar-refractivity contribution in [1.29, 1.82) is 5.26 Å². The standard InChI is InChI=1S/C17H14N4O3/c1-22-6-7-23-14-9-12(11-18)8-13(10-14)17-20-16(21-24-17)15-4-2-3-5-19-15/h2-5,8-10H,6-7H2,1H3. The van der Waals surface area contributed by atoms with E-state index in [-0.39, 0.29) is 0 Å². The van der Waals surface area contributed by atoms with Gasteiger partial charge in [-0.2, -0.15) is 10.2 Å². The van der Waals surface area contributed by atoms with Gasteiger partial charge in [0.05, 0.1) is 18.2 Å². The Bertz CT molecular complexity index is 856. The van der Waals surface area contributed by atoms with E-state index in [1.807, 2.05) is 12.1 Å². The molecule has 0 aliphatic carbocycles. The second-order valence-corrected chi connectivity index (χ2v) is 4.84. The van der Waals surface area contributed by atoms with Gasteiger partial charge in [0.25, 0.3) is 5.89 Å². The second-order valence-electron chi connectivity index (χ2n) is 4.84. The molecule has 0 aliphatic heterocycles. The Labute approximate surface area is 138 Å². The summed E-state index contributed by atoms with van der Waals surface area (Å²) in [6.07, 6.45) is 1.66. The van der Waals surface area contributed by atoms with Gasteiger partial charge in [0.15, 0.2) is 0 Å². The molecule has 0 unspecified atom stereocenters. The lowest BCUT2D eigenvalue weighted by Crippen LogP contribution is -2.04. The fraction of sp³-hybridized carbons (Fsp3) is 0.176. The molecule has 0 fully saturated rings. The number of hydrogen-bond donors (Lipinski definition) is 0. The molecule has 0 spiro atoms. The van der Waals surface area contributed by atoms with E-state index in [4.69, 9.17) is 14.0 Å². The summed E-state index contributed by atoms with van der Waals surface area (Å²) in [4.78, 5) is 8.52. The zero-order valence-electron chi connectivity index (χ0n) is 13.0. The van der Waals surface area contributed by atoms with E-state index >= 15 is 0 Å². The summed E-state index contributed by atoms with van der Waals surface area (Å²) in [7, 11) is 1.60. The van der Waals surface area contributed by atoms with Gasteiger partial charge in [0, 0.05) is 18.9 Å². The first-order chi connectivity index (χ1) is 11.8. The molecule has 3 aromatic rings. The molecule has 120 valence electrons. The van der Waals surface area contributed by atoms with Crippen LogP contribution < -0.4 is 4.74 Å². The Hall–Kier alpha value is -3.24. The van der Waals surface area contributed by atoms with Gasteiger partial charge in [-0.1, -0.05) is 11.2 Å². The molecular formula is C17H14N4O3. The molecule has 3 rings (SSSR count). The molecule has 0 saturated heterocycles. The van der Waals surface area contributed by atoms with Crippen LogP contribution in [0.4, 0.5) is 0 Å². The van der Waals surface area contributed by atoms with Gasteiger partial charge in [-0.05, 0) is 30.3 Å². The number of ether oxygens (including phenoxy) is 2. The van der Waals surface area contributed by atoms with Gasteiger partial charge < -0.3 is 14.0 Å². The van der Waals surface area contributed by atoms with E-state index < -0.39 is 0 Å². The zero-order valence-corrected chi connectivity index (χ0v) is 13.0. The Balaban J connectivity index is 1.90. The highest BCUT2D eigenvalue weighted by molar-refractivity contribution is 5.61. The van der Waals surface area contributed by atoms with E-state index in [0.29, 0.717) is 47.5 Å². The molecule has 1 aromatic carbocycles. The Morgan fingerprint density at radius 3 is 2.88 bits per heavy atom. The maximum Gasteiger partial charge on any atom is 0.258 e. The van der Waals surface area contributed by atoms with Gasteiger partial charge in [-0.15, -0.1) is 0 Å². The van der Waals surface area contributed by atoms with Crippen molar-refractivity contribution in [1.82, 2.24) is 15.1 Å². The van der Waals surface area contributed by atoms with E-state index in [2.05, 4.69) is 21.2 Å². The monoisotopic (exact) mass is 322 g/mol. The summed E-state index contributed by atoms with van der Waals surface area (Å²) in [5, 5.41) is 13.1. The van der Waals surface area contributed by atoms with E-state index in [1.165, 1.54) is 0 Å². The summed E-state index contributed by atoms with van der Waals surface area (Å²) < 4.78 is 15.8. The molecule has 0 saturated carbocycles. The number of aromatic nitrogens is 3. The van der Waals surface area contributed by atoms with Crippen LogP contribution >= 0.6 is 0 Å². The highest BCUT2D eigenvalue weighted by atomic mass is 16.5. The lowest BCUT2D eigenvalue weighted by molar-refractivity contribution is 0.146. The normalized spacial score (nSPS) is 10.3. The third-order valence-corrected chi connectivity index (χ3v) is 3.16. The minimum atomic E-state index is 0.296. The molecule has 0 bridgehead atoms. The summed E-state index contributed by atoms with van der Waals surface area (Å²) in [6.45, 7) is 0.838. The Morgan fingerprint density at radius 1 is 1.21 bits per heavy atom. The first-order valence-corrected chi connectivity index (χ1v) is 7.22. The average Bonchev–Trinajstić information content (AvgIpc) is 3.13. The molecule has 0 amide bonds. The van der Waals surface area contributed by atoms with Crippen molar-refractivity contribution >= 4 is 0 Å². The Kier molecular flexibility index (Phi) is 4.79. The first kappa shape index (κ1) is 15.6. The predicted molar refractivity (Wildman–Crippen MR) is 85.1 cm³/mol. The third kappa shape index (κ3) is 3.56. The van der Waals surface area contributed by atoms with E-state index in [1.54, 1.807) is 37.6 Å². The summed E-state index contributed by atoms with van der Waals surface area (Å²) >= 11 is 0. The molecule has 0 N–H and O–H groups in total. The molecule has 0 atom stereocenters. The smallest absolute Gasteiger partial charge is 0.258 e. The third-order valence-electron chi connectivity index (χ3n) is 3.16. The van der Waals surface area contributed by atoms with Crippen molar-refractivity contribution in [2.45, 2.75) is 0 Å². The van der Waals surface area contributed by atoms with Crippen LogP contribution in [0.1, 0.15) is 5.56 Å². The SMILES string of the molecule is COCCOc1cc(C#N)cc(-c2nc(-c3ccccn3)no2)c1. The van der Waals surface area contributed by atoms with Crippen LogP contribution in [0.25, 0.3) is 23.0 Å². The number of pyridine rings is 1. The maximum absolute atomic E-state index is 9.18. The van der Waals surface area contributed by atoms with Gasteiger partial charge in [-0.3, -0.25) is 4.98 Å². The number of nitrogens with zero attached hydrogens (tertiary/aromatic N) is 4. The minimum Gasteiger partial charge on any atom is -0.491 e. The van der Waals surface area contributed by atoms with Crippen LogP contribution in [-0.2, 0) is 4.74 Å². The molecule has 7 nitrogen and oxygen atoms in total. The van der Waals surface area contributed by atoms with Crippen molar-refractivity contribution in [3.8, 4) is 34.8 Å². The summed E-state index contributed by atoms with van der Waals surface area (Å²) in [5.74, 6) is 1.22. The van der Waals surface area contributed by atoms with Crippen molar-refractivity contribution in [3.63, 3.8) is 0 Å².